The van der Waals surface area contributed by atoms with Gasteiger partial charge in [0.2, 0.25) is 0 Å². The van der Waals surface area contributed by atoms with Gasteiger partial charge in [-0.05, 0) is 52.7 Å². The maximum atomic E-state index is 12.1. The zero-order valence-corrected chi connectivity index (χ0v) is 13.1. The lowest BCUT2D eigenvalue weighted by atomic mass is 10.1. The number of nitrogens with zero attached hydrogens (tertiary/aromatic N) is 1. The molecule has 0 aliphatic heterocycles. The van der Waals surface area contributed by atoms with Crippen LogP contribution in [0, 0.1) is 6.92 Å². The van der Waals surface area contributed by atoms with Crippen LogP contribution in [0.25, 0.3) is 0 Å². The molecule has 1 heterocycles. The highest BCUT2D eigenvalue weighted by atomic mass is 79.9. The van der Waals surface area contributed by atoms with Crippen molar-refractivity contribution in [1.29, 1.82) is 0 Å². The molecule has 0 aliphatic rings. The van der Waals surface area contributed by atoms with Gasteiger partial charge < -0.3 is 10.1 Å². The molecular formula is C15H13BrN2O3. The number of nitrogens with one attached hydrogen (secondary N) is 1. The van der Waals surface area contributed by atoms with Crippen LogP contribution in [-0.4, -0.2) is 24.0 Å². The van der Waals surface area contributed by atoms with Crippen molar-refractivity contribution < 1.29 is 14.3 Å². The standard InChI is InChI=1S/C15H13BrN2O3/c1-9-3-4-10(15(20)21-2)7-12(9)18-14(19)11-5-6-13(16)17-8-11/h3-8H,1-2H3,(H,18,19). The van der Waals surface area contributed by atoms with Crippen molar-refractivity contribution in [3.63, 3.8) is 0 Å². The highest BCUT2D eigenvalue weighted by Crippen LogP contribution is 2.18. The molecule has 21 heavy (non-hydrogen) atoms. The summed E-state index contributed by atoms with van der Waals surface area (Å²) in [5.74, 6) is -0.740. The fraction of sp³-hybridized carbons (Fsp3) is 0.133. The van der Waals surface area contributed by atoms with E-state index in [1.807, 2.05) is 6.92 Å². The number of carbonyl (C=O) groups is 2. The summed E-state index contributed by atoms with van der Waals surface area (Å²) in [6.45, 7) is 1.84. The van der Waals surface area contributed by atoms with Gasteiger partial charge in [0.25, 0.3) is 5.91 Å². The summed E-state index contributed by atoms with van der Waals surface area (Å²) in [5, 5.41) is 2.76. The number of amides is 1. The van der Waals surface area contributed by atoms with Crippen LogP contribution in [0.1, 0.15) is 26.3 Å². The Hall–Kier alpha value is -2.21. The van der Waals surface area contributed by atoms with Gasteiger partial charge >= 0.3 is 5.97 Å². The number of benzene rings is 1. The number of ether oxygens (including phenoxy) is 1. The SMILES string of the molecule is COC(=O)c1ccc(C)c(NC(=O)c2ccc(Br)nc2)c1. The molecule has 5 nitrogen and oxygen atoms in total. The molecule has 108 valence electrons. The maximum Gasteiger partial charge on any atom is 0.337 e. The normalized spacial score (nSPS) is 10.0. The quantitative estimate of drug-likeness (QED) is 0.683. The molecule has 0 aliphatic carbocycles. The van der Waals surface area contributed by atoms with E-state index in [9.17, 15) is 9.59 Å². The first-order valence-corrected chi connectivity index (χ1v) is 6.92. The number of aryl methyl sites for hydroxylation is 1. The summed E-state index contributed by atoms with van der Waals surface area (Å²) in [7, 11) is 1.31. The molecule has 1 aromatic heterocycles. The van der Waals surface area contributed by atoms with Crippen molar-refractivity contribution >= 4 is 33.5 Å². The fourth-order valence-electron chi connectivity index (χ4n) is 1.71. The number of pyridine rings is 1. The zero-order valence-electron chi connectivity index (χ0n) is 11.5. The lowest BCUT2D eigenvalue weighted by Crippen LogP contribution is -2.14. The van der Waals surface area contributed by atoms with Crippen molar-refractivity contribution in [2.24, 2.45) is 0 Å². The molecular weight excluding hydrogens is 336 g/mol. The fourth-order valence-corrected chi connectivity index (χ4v) is 1.94. The van der Waals surface area contributed by atoms with Gasteiger partial charge in [0.05, 0.1) is 18.2 Å². The highest BCUT2D eigenvalue weighted by Gasteiger charge is 2.11. The van der Waals surface area contributed by atoms with Crippen molar-refractivity contribution in [2.75, 3.05) is 12.4 Å². The Morgan fingerprint density at radius 1 is 1.19 bits per heavy atom. The van der Waals surface area contributed by atoms with Crippen LogP contribution in [0.4, 0.5) is 5.69 Å². The Morgan fingerprint density at radius 3 is 2.52 bits per heavy atom. The molecule has 0 atom stereocenters. The van der Waals surface area contributed by atoms with E-state index in [1.165, 1.54) is 13.3 Å². The second-order valence-electron chi connectivity index (χ2n) is 4.35. The largest absolute Gasteiger partial charge is 0.465 e. The molecule has 0 spiro atoms. The summed E-state index contributed by atoms with van der Waals surface area (Å²) in [4.78, 5) is 27.7. The average Bonchev–Trinajstić information content (AvgIpc) is 2.49. The Morgan fingerprint density at radius 2 is 1.90 bits per heavy atom. The monoisotopic (exact) mass is 348 g/mol. The van der Waals surface area contributed by atoms with Crippen molar-refractivity contribution in [1.82, 2.24) is 4.98 Å². The Bertz CT molecular complexity index is 684. The van der Waals surface area contributed by atoms with Gasteiger partial charge in [-0.25, -0.2) is 9.78 Å². The summed E-state index contributed by atoms with van der Waals surface area (Å²) >= 11 is 3.21. The van der Waals surface area contributed by atoms with E-state index in [2.05, 4.69) is 31.0 Å². The number of anilines is 1. The van der Waals surface area contributed by atoms with E-state index in [0.29, 0.717) is 21.4 Å². The minimum atomic E-state index is -0.448. The third-order valence-electron chi connectivity index (χ3n) is 2.90. The summed E-state index contributed by atoms with van der Waals surface area (Å²) < 4.78 is 5.32. The van der Waals surface area contributed by atoms with E-state index < -0.39 is 5.97 Å². The summed E-state index contributed by atoms with van der Waals surface area (Å²) in [6.07, 6.45) is 1.47. The van der Waals surface area contributed by atoms with E-state index in [-0.39, 0.29) is 5.91 Å². The predicted octanol–water partition coefficient (Wildman–Crippen LogP) is 3.19. The van der Waals surface area contributed by atoms with Gasteiger partial charge in [0.1, 0.15) is 4.60 Å². The summed E-state index contributed by atoms with van der Waals surface area (Å²) in [6, 6.07) is 8.34. The number of aromatic nitrogens is 1. The first-order valence-electron chi connectivity index (χ1n) is 6.13. The van der Waals surface area contributed by atoms with Crippen molar-refractivity contribution in [3.8, 4) is 0 Å². The minimum absolute atomic E-state index is 0.292. The van der Waals surface area contributed by atoms with E-state index in [0.717, 1.165) is 5.56 Å². The molecule has 2 rings (SSSR count). The van der Waals surface area contributed by atoms with Crippen LogP contribution in [0.15, 0.2) is 41.1 Å². The van der Waals surface area contributed by atoms with Crippen LogP contribution in [0.3, 0.4) is 0 Å². The molecule has 1 amide bonds. The van der Waals surface area contributed by atoms with E-state index >= 15 is 0 Å². The first-order chi connectivity index (χ1) is 10.0. The Kier molecular flexibility index (Phi) is 4.70. The number of esters is 1. The molecule has 0 saturated heterocycles. The third kappa shape index (κ3) is 3.66. The van der Waals surface area contributed by atoms with Gasteiger partial charge in [-0.2, -0.15) is 0 Å². The average molecular weight is 349 g/mol. The molecule has 2 aromatic rings. The minimum Gasteiger partial charge on any atom is -0.465 e. The number of hydrogen-bond donors (Lipinski definition) is 1. The van der Waals surface area contributed by atoms with Crippen LogP contribution in [0.2, 0.25) is 0 Å². The lowest BCUT2D eigenvalue weighted by Gasteiger charge is -2.10. The molecule has 0 bridgehead atoms. The second kappa shape index (κ2) is 6.49. The van der Waals surface area contributed by atoms with E-state index in [1.54, 1.807) is 30.3 Å². The van der Waals surface area contributed by atoms with Gasteiger partial charge in [0.15, 0.2) is 0 Å². The molecule has 0 unspecified atom stereocenters. The van der Waals surface area contributed by atoms with Gasteiger partial charge in [0, 0.05) is 11.9 Å². The highest BCUT2D eigenvalue weighted by molar-refractivity contribution is 9.10. The third-order valence-corrected chi connectivity index (χ3v) is 3.37. The van der Waals surface area contributed by atoms with Gasteiger partial charge in [-0.3, -0.25) is 4.79 Å². The smallest absolute Gasteiger partial charge is 0.337 e. The second-order valence-corrected chi connectivity index (χ2v) is 5.16. The van der Waals surface area contributed by atoms with Crippen molar-refractivity contribution in [3.05, 3.63) is 57.8 Å². The van der Waals surface area contributed by atoms with Crippen LogP contribution < -0.4 is 5.32 Å². The number of carbonyl (C=O) groups excluding carboxylic acids is 2. The van der Waals surface area contributed by atoms with Crippen LogP contribution >= 0.6 is 15.9 Å². The molecule has 0 fully saturated rings. The topological polar surface area (TPSA) is 68.3 Å². The lowest BCUT2D eigenvalue weighted by molar-refractivity contribution is 0.0600. The number of rotatable bonds is 3. The molecule has 0 radical (unpaired) electrons. The van der Waals surface area contributed by atoms with Crippen LogP contribution in [-0.2, 0) is 4.74 Å². The predicted molar refractivity (Wildman–Crippen MR) is 82.4 cm³/mol. The van der Waals surface area contributed by atoms with Gasteiger partial charge in [-0.1, -0.05) is 6.07 Å². The van der Waals surface area contributed by atoms with Crippen LogP contribution in [0.5, 0.6) is 0 Å². The molecule has 0 saturated carbocycles. The number of methoxy groups -OCH3 is 1. The Balaban J connectivity index is 2.24. The zero-order chi connectivity index (χ0) is 15.4. The first kappa shape index (κ1) is 15.2. The molecule has 6 heteroatoms. The Labute approximate surface area is 130 Å². The number of halogens is 1. The molecule has 1 N–H and O–H groups in total. The number of hydrogen-bond acceptors (Lipinski definition) is 4. The maximum absolute atomic E-state index is 12.1. The van der Waals surface area contributed by atoms with E-state index in [4.69, 9.17) is 0 Å². The molecule has 1 aromatic carbocycles. The van der Waals surface area contributed by atoms with Gasteiger partial charge in [-0.15, -0.1) is 0 Å². The summed E-state index contributed by atoms with van der Waals surface area (Å²) in [5.41, 5.74) is 2.22. The van der Waals surface area contributed by atoms with Crippen molar-refractivity contribution in [2.45, 2.75) is 6.92 Å².